The summed E-state index contributed by atoms with van der Waals surface area (Å²) in [5.41, 5.74) is 0.506. The zero-order chi connectivity index (χ0) is 15.2. The summed E-state index contributed by atoms with van der Waals surface area (Å²) < 4.78 is 10.7. The number of piperazine rings is 1. The molecule has 0 radical (unpaired) electrons. The Bertz CT molecular complexity index is 274. The lowest BCUT2D eigenvalue weighted by molar-refractivity contribution is 0.00735. The van der Waals surface area contributed by atoms with Crippen molar-refractivity contribution in [3.8, 4) is 0 Å². The number of ether oxygens (including phenoxy) is 2. The molecule has 1 N–H and O–H groups in total. The highest BCUT2D eigenvalue weighted by atomic mass is 16.5. The van der Waals surface area contributed by atoms with Gasteiger partial charge >= 0.3 is 0 Å². The van der Waals surface area contributed by atoms with Gasteiger partial charge in [0.25, 0.3) is 0 Å². The number of methoxy groups -OCH3 is 1. The van der Waals surface area contributed by atoms with E-state index in [1.807, 2.05) is 0 Å². The van der Waals surface area contributed by atoms with Crippen LogP contribution in [0.2, 0.25) is 0 Å². The summed E-state index contributed by atoms with van der Waals surface area (Å²) in [7, 11) is 1.73. The third-order valence-electron chi connectivity index (χ3n) is 4.23. The highest BCUT2D eigenvalue weighted by molar-refractivity contribution is 4.96. The van der Waals surface area contributed by atoms with Gasteiger partial charge in [-0.05, 0) is 25.7 Å². The van der Waals surface area contributed by atoms with Crippen molar-refractivity contribution in [1.82, 2.24) is 10.2 Å². The molecule has 1 aliphatic heterocycles. The van der Waals surface area contributed by atoms with Gasteiger partial charge in [0.05, 0.1) is 6.61 Å². The lowest BCUT2D eigenvalue weighted by atomic mass is 9.83. The molecule has 20 heavy (non-hydrogen) atoms. The summed E-state index contributed by atoms with van der Waals surface area (Å²) in [6.07, 6.45) is 0.978. The topological polar surface area (TPSA) is 33.7 Å². The Balaban J connectivity index is 2.36. The van der Waals surface area contributed by atoms with Crippen molar-refractivity contribution in [1.29, 1.82) is 0 Å². The van der Waals surface area contributed by atoms with Crippen LogP contribution >= 0.6 is 0 Å². The van der Waals surface area contributed by atoms with E-state index >= 15 is 0 Å². The Labute approximate surface area is 125 Å². The van der Waals surface area contributed by atoms with Crippen molar-refractivity contribution >= 4 is 0 Å². The minimum Gasteiger partial charge on any atom is -0.385 e. The molecule has 4 heteroatoms. The zero-order valence-electron chi connectivity index (χ0n) is 14.3. The Morgan fingerprint density at radius 2 is 1.90 bits per heavy atom. The fourth-order valence-corrected chi connectivity index (χ4v) is 2.57. The molecule has 1 atom stereocenters. The molecule has 120 valence electrons. The highest BCUT2D eigenvalue weighted by Crippen LogP contribution is 2.27. The fraction of sp³-hybridized carbons (Fsp3) is 1.00. The first kappa shape index (κ1) is 17.9. The summed E-state index contributed by atoms with van der Waals surface area (Å²) in [4.78, 5) is 2.57. The Hall–Kier alpha value is -0.160. The van der Waals surface area contributed by atoms with Crippen molar-refractivity contribution in [2.75, 3.05) is 46.6 Å². The Morgan fingerprint density at radius 3 is 2.50 bits per heavy atom. The van der Waals surface area contributed by atoms with E-state index in [-0.39, 0.29) is 5.54 Å². The van der Waals surface area contributed by atoms with Gasteiger partial charge in [0.2, 0.25) is 0 Å². The first-order chi connectivity index (χ1) is 9.27. The van der Waals surface area contributed by atoms with Gasteiger partial charge in [-0.25, -0.2) is 0 Å². The van der Waals surface area contributed by atoms with Gasteiger partial charge in [-0.3, -0.25) is 4.90 Å². The van der Waals surface area contributed by atoms with Crippen LogP contribution in [0.4, 0.5) is 0 Å². The van der Waals surface area contributed by atoms with E-state index in [9.17, 15) is 0 Å². The summed E-state index contributed by atoms with van der Waals surface area (Å²) in [6, 6.07) is 0.545. The van der Waals surface area contributed by atoms with Gasteiger partial charge in [0.1, 0.15) is 0 Å². The highest BCUT2D eigenvalue weighted by Gasteiger charge is 2.37. The van der Waals surface area contributed by atoms with Crippen LogP contribution in [0, 0.1) is 5.41 Å². The summed E-state index contributed by atoms with van der Waals surface area (Å²) in [5.74, 6) is 0. The second-order valence-electron chi connectivity index (χ2n) is 7.52. The maximum Gasteiger partial charge on any atom is 0.0593 e. The van der Waals surface area contributed by atoms with E-state index in [1.165, 1.54) is 0 Å². The monoisotopic (exact) mass is 286 g/mol. The maximum absolute atomic E-state index is 5.71. The van der Waals surface area contributed by atoms with Gasteiger partial charge in [0.15, 0.2) is 0 Å². The van der Waals surface area contributed by atoms with Gasteiger partial charge in [-0.15, -0.1) is 0 Å². The molecule has 4 nitrogen and oxygen atoms in total. The van der Waals surface area contributed by atoms with Gasteiger partial charge < -0.3 is 14.8 Å². The van der Waals surface area contributed by atoms with Crippen molar-refractivity contribution in [3.05, 3.63) is 0 Å². The number of rotatable bonds is 7. The molecule has 0 aliphatic carbocycles. The first-order valence-corrected chi connectivity index (χ1v) is 7.82. The standard InChI is InChI=1S/C16H34N2O2/c1-15(2,3)14-12-18(16(4,5)13-17-14)8-11-20-10-7-9-19-6/h14,17H,7-13H2,1-6H3. The Kier molecular flexibility index (Phi) is 6.92. The second kappa shape index (κ2) is 7.74. The summed E-state index contributed by atoms with van der Waals surface area (Å²) in [5, 5.41) is 3.70. The summed E-state index contributed by atoms with van der Waals surface area (Å²) in [6.45, 7) is 17.1. The quantitative estimate of drug-likeness (QED) is 0.727. The average molecular weight is 286 g/mol. The lowest BCUT2D eigenvalue weighted by Gasteiger charge is -2.49. The molecular formula is C16H34N2O2. The smallest absolute Gasteiger partial charge is 0.0593 e. The zero-order valence-corrected chi connectivity index (χ0v) is 14.3. The van der Waals surface area contributed by atoms with Crippen LogP contribution in [0.15, 0.2) is 0 Å². The third kappa shape index (κ3) is 5.68. The van der Waals surface area contributed by atoms with E-state index in [2.05, 4.69) is 44.8 Å². The van der Waals surface area contributed by atoms with Gasteiger partial charge in [0, 0.05) is 51.5 Å². The molecule has 1 aliphatic rings. The van der Waals surface area contributed by atoms with Crippen molar-refractivity contribution in [2.45, 2.75) is 52.6 Å². The molecule has 0 aromatic heterocycles. The van der Waals surface area contributed by atoms with E-state index in [1.54, 1.807) is 7.11 Å². The molecule has 0 amide bonds. The van der Waals surface area contributed by atoms with Crippen molar-refractivity contribution < 1.29 is 9.47 Å². The Morgan fingerprint density at radius 1 is 1.20 bits per heavy atom. The third-order valence-corrected chi connectivity index (χ3v) is 4.23. The van der Waals surface area contributed by atoms with E-state index < -0.39 is 0 Å². The molecule has 1 unspecified atom stereocenters. The number of nitrogens with one attached hydrogen (secondary N) is 1. The van der Waals surface area contributed by atoms with Crippen LogP contribution in [-0.2, 0) is 9.47 Å². The molecule has 0 aromatic carbocycles. The summed E-state index contributed by atoms with van der Waals surface area (Å²) >= 11 is 0. The van der Waals surface area contributed by atoms with Crippen LogP contribution < -0.4 is 5.32 Å². The molecule has 0 spiro atoms. The van der Waals surface area contributed by atoms with E-state index in [4.69, 9.17) is 9.47 Å². The number of hydrogen-bond acceptors (Lipinski definition) is 4. The number of hydrogen-bond donors (Lipinski definition) is 1. The average Bonchev–Trinajstić information content (AvgIpc) is 2.33. The molecule has 1 heterocycles. The fourth-order valence-electron chi connectivity index (χ4n) is 2.57. The molecule has 1 rings (SSSR count). The van der Waals surface area contributed by atoms with E-state index in [0.717, 1.165) is 45.9 Å². The maximum atomic E-state index is 5.71. The molecule has 0 bridgehead atoms. The van der Waals surface area contributed by atoms with Crippen LogP contribution in [0.1, 0.15) is 41.0 Å². The van der Waals surface area contributed by atoms with Gasteiger partial charge in [-0.1, -0.05) is 20.8 Å². The predicted molar refractivity (Wildman–Crippen MR) is 84.2 cm³/mol. The van der Waals surface area contributed by atoms with Gasteiger partial charge in [-0.2, -0.15) is 0 Å². The minimum absolute atomic E-state index is 0.206. The van der Waals surface area contributed by atoms with E-state index in [0.29, 0.717) is 11.5 Å². The number of nitrogens with zero attached hydrogens (tertiary/aromatic N) is 1. The molecule has 0 saturated carbocycles. The lowest BCUT2D eigenvalue weighted by Crippen LogP contribution is -2.65. The molecular weight excluding hydrogens is 252 g/mol. The molecule has 0 aromatic rings. The molecule has 1 saturated heterocycles. The normalized spacial score (nSPS) is 24.0. The second-order valence-corrected chi connectivity index (χ2v) is 7.52. The van der Waals surface area contributed by atoms with Crippen LogP contribution in [0.3, 0.4) is 0 Å². The van der Waals surface area contributed by atoms with Crippen molar-refractivity contribution in [3.63, 3.8) is 0 Å². The van der Waals surface area contributed by atoms with Crippen LogP contribution in [0.25, 0.3) is 0 Å². The van der Waals surface area contributed by atoms with Crippen molar-refractivity contribution in [2.24, 2.45) is 5.41 Å². The van der Waals surface area contributed by atoms with Crippen LogP contribution in [0.5, 0.6) is 0 Å². The van der Waals surface area contributed by atoms with Crippen LogP contribution in [-0.4, -0.2) is 63.0 Å². The molecule has 1 fully saturated rings. The SMILES string of the molecule is COCCCOCCN1CC(C(C)(C)C)NCC1(C)C. The predicted octanol–water partition coefficient (Wildman–Crippen LogP) is 2.14. The first-order valence-electron chi connectivity index (χ1n) is 7.82. The minimum atomic E-state index is 0.206. The largest absolute Gasteiger partial charge is 0.385 e.